The lowest BCUT2D eigenvalue weighted by Crippen LogP contribution is -2.37. The first-order valence-electron chi connectivity index (χ1n) is 6.73. The Morgan fingerprint density at radius 2 is 1.95 bits per heavy atom. The summed E-state index contributed by atoms with van der Waals surface area (Å²) >= 11 is 0. The summed E-state index contributed by atoms with van der Waals surface area (Å²) in [4.78, 5) is 24.3. The number of carboxylic acid groups (broad SMARTS) is 1. The van der Waals surface area contributed by atoms with Gasteiger partial charge in [0.1, 0.15) is 5.75 Å². The third-order valence-corrected chi connectivity index (χ3v) is 2.98. The Labute approximate surface area is 119 Å². The molecule has 0 saturated carbocycles. The van der Waals surface area contributed by atoms with Crippen LogP contribution in [0.2, 0.25) is 0 Å². The molecule has 1 aromatic carbocycles. The lowest BCUT2D eigenvalue weighted by Gasteiger charge is -2.22. The van der Waals surface area contributed by atoms with Gasteiger partial charge < -0.3 is 14.7 Å². The van der Waals surface area contributed by atoms with E-state index in [1.54, 1.807) is 11.8 Å². The summed E-state index contributed by atoms with van der Waals surface area (Å²) in [7, 11) is 0. The molecule has 0 heterocycles. The second-order valence-electron chi connectivity index (χ2n) is 4.58. The minimum Gasteiger partial charge on any atom is -0.493 e. The lowest BCUT2D eigenvalue weighted by atomic mass is 10.1. The largest absolute Gasteiger partial charge is 0.493 e. The summed E-state index contributed by atoms with van der Waals surface area (Å²) in [6.45, 7) is 4.46. The van der Waals surface area contributed by atoms with E-state index in [-0.39, 0.29) is 18.9 Å². The molecule has 1 atom stereocenters. The second-order valence-corrected chi connectivity index (χ2v) is 4.58. The number of carbonyl (C=O) groups excluding carboxylic acids is 1. The van der Waals surface area contributed by atoms with Crippen molar-refractivity contribution in [1.29, 1.82) is 0 Å². The van der Waals surface area contributed by atoms with Crippen molar-refractivity contribution in [2.75, 3.05) is 19.7 Å². The number of ether oxygens (including phenoxy) is 1. The van der Waals surface area contributed by atoms with E-state index < -0.39 is 11.9 Å². The SMILES string of the molecule is CCN(CC(C)C(=O)O)C(=O)CCOc1ccccc1. The Morgan fingerprint density at radius 3 is 2.50 bits per heavy atom. The van der Waals surface area contributed by atoms with Gasteiger partial charge in [-0.05, 0) is 19.1 Å². The molecule has 1 aromatic rings. The Balaban J connectivity index is 2.38. The monoisotopic (exact) mass is 279 g/mol. The van der Waals surface area contributed by atoms with Crippen molar-refractivity contribution in [2.45, 2.75) is 20.3 Å². The van der Waals surface area contributed by atoms with Crippen LogP contribution in [0.15, 0.2) is 30.3 Å². The van der Waals surface area contributed by atoms with E-state index in [9.17, 15) is 9.59 Å². The normalized spacial score (nSPS) is 11.7. The first-order chi connectivity index (χ1) is 9.54. The maximum atomic E-state index is 12.0. The van der Waals surface area contributed by atoms with Gasteiger partial charge in [0.15, 0.2) is 0 Å². The standard InChI is InChI=1S/C15H21NO4/c1-3-16(11-12(2)15(18)19)14(17)9-10-20-13-7-5-4-6-8-13/h4-8,12H,3,9-11H2,1-2H3,(H,18,19). The van der Waals surface area contributed by atoms with Gasteiger partial charge in [-0.25, -0.2) is 0 Å². The Kier molecular flexibility index (Phi) is 6.56. The maximum Gasteiger partial charge on any atom is 0.308 e. The third kappa shape index (κ3) is 5.30. The predicted molar refractivity (Wildman–Crippen MR) is 75.6 cm³/mol. The number of para-hydroxylation sites is 1. The van der Waals surface area contributed by atoms with Crippen LogP contribution in [0.5, 0.6) is 5.75 Å². The zero-order chi connectivity index (χ0) is 15.0. The van der Waals surface area contributed by atoms with Gasteiger partial charge in [0.2, 0.25) is 5.91 Å². The highest BCUT2D eigenvalue weighted by atomic mass is 16.5. The van der Waals surface area contributed by atoms with Crippen LogP contribution in [0.3, 0.4) is 0 Å². The minimum atomic E-state index is -0.892. The summed E-state index contributed by atoms with van der Waals surface area (Å²) < 4.78 is 5.46. The van der Waals surface area contributed by atoms with E-state index in [0.717, 1.165) is 5.75 Å². The highest BCUT2D eigenvalue weighted by Gasteiger charge is 2.19. The average molecular weight is 279 g/mol. The summed E-state index contributed by atoms with van der Waals surface area (Å²) in [6.07, 6.45) is 0.245. The molecule has 0 aliphatic rings. The van der Waals surface area contributed by atoms with E-state index in [4.69, 9.17) is 9.84 Å². The molecule has 0 saturated heterocycles. The van der Waals surface area contributed by atoms with Crippen LogP contribution in [0, 0.1) is 5.92 Å². The summed E-state index contributed by atoms with van der Waals surface area (Å²) in [5.41, 5.74) is 0. The number of benzene rings is 1. The number of carbonyl (C=O) groups is 2. The molecular weight excluding hydrogens is 258 g/mol. The number of hydrogen-bond donors (Lipinski definition) is 1. The molecule has 0 bridgehead atoms. The summed E-state index contributed by atoms with van der Waals surface area (Å²) in [5, 5.41) is 8.87. The van der Waals surface area contributed by atoms with Crippen LogP contribution in [0.1, 0.15) is 20.3 Å². The van der Waals surface area contributed by atoms with E-state index in [0.29, 0.717) is 13.2 Å². The van der Waals surface area contributed by atoms with Crippen LogP contribution >= 0.6 is 0 Å². The second kappa shape index (κ2) is 8.19. The Morgan fingerprint density at radius 1 is 1.30 bits per heavy atom. The Bertz CT molecular complexity index is 433. The fourth-order valence-corrected chi connectivity index (χ4v) is 1.75. The van der Waals surface area contributed by atoms with Crippen molar-refractivity contribution in [1.82, 2.24) is 4.90 Å². The number of hydrogen-bond acceptors (Lipinski definition) is 3. The Hall–Kier alpha value is -2.04. The van der Waals surface area contributed by atoms with Gasteiger partial charge >= 0.3 is 5.97 Å². The number of nitrogens with zero attached hydrogens (tertiary/aromatic N) is 1. The fourth-order valence-electron chi connectivity index (χ4n) is 1.75. The van der Waals surface area contributed by atoms with Gasteiger partial charge in [0, 0.05) is 13.1 Å². The summed E-state index contributed by atoms with van der Waals surface area (Å²) in [6, 6.07) is 9.28. The van der Waals surface area contributed by atoms with Crippen molar-refractivity contribution in [3.05, 3.63) is 30.3 Å². The van der Waals surface area contributed by atoms with Gasteiger partial charge in [-0.3, -0.25) is 9.59 Å². The average Bonchev–Trinajstić information content (AvgIpc) is 2.45. The van der Waals surface area contributed by atoms with Gasteiger partial charge in [-0.2, -0.15) is 0 Å². The van der Waals surface area contributed by atoms with Crippen LogP contribution in [0.25, 0.3) is 0 Å². The van der Waals surface area contributed by atoms with Crippen LogP contribution in [0.4, 0.5) is 0 Å². The zero-order valence-corrected chi connectivity index (χ0v) is 11.9. The van der Waals surface area contributed by atoms with Gasteiger partial charge in [-0.1, -0.05) is 25.1 Å². The zero-order valence-electron chi connectivity index (χ0n) is 11.9. The molecule has 20 heavy (non-hydrogen) atoms. The third-order valence-electron chi connectivity index (χ3n) is 2.98. The molecule has 0 aliphatic carbocycles. The topological polar surface area (TPSA) is 66.8 Å². The molecule has 0 radical (unpaired) electrons. The highest BCUT2D eigenvalue weighted by Crippen LogP contribution is 2.09. The molecule has 1 rings (SSSR count). The maximum absolute atomic E-state index is 12.0. The number of rotatable bonds is 8. The van der Waals surface area contributed by atoms with Crippen molar-refractivity contribution in [2.24, 2.45) is 5.92 Å². The minimum absolute atomic E-state index is 0.0865. The molecule has 0 aliphatic heterocycles. The molecule has 0 fully saturated rings. The van der Waals surface area contributed by atoms with Gasteiger partial charge in [0.25, 0.3) is 0 Å². The van der Waals surface area contributed by atoms with Crippen LogP contribution in [-0.2, 0) is 9.59 Å². The molecule has 5 nitrogen and oxygen atoms in total. The molecule has 1 amide bonds. The lowest BCUT2D eigenvalue weighted by molar-refractivity contribution is -0.143. The molecule has 0 spiro atoms. The van der Waals surface area contributed by atoms with Crippen molar-refractivity contribution in [3.63, 3.8) is 0 Å². The quantitative estimate of drug-likeness (QED) is 0.790. The van der Waals surface area contributed by atoms with Crippen molar-refractivity contribution >= 4 is 11.9 Å². The molecule has 5 heteroatoms. The highest BCUT2D eigenvalue weighted by molar-refractivity contribution is 5.77. The van der Waals surface area contributed by atoms with Crippen molar-refractivity contribution in [3.8, 4) is 5.75 Å². The fraction of sp³-hybridized carbons (Fsp3) is 0.467. The summed E-state index contributed by atoms with van der Waals surface area (Å²) in [5.74, 6) is -0.815. The van der Waals surface area contributed by atoms with Crippen molar-refractivity contribution < 1.29 is 19.4 Å². The van der Waals surface area contributed by atoms with E-state index >= 15 is 0 Å². The van der Waals surface area contributed by atoms with Crippen LogP contribution in [-0.4, -0.2) is 41.6 Å². The molecular formula is C15H21NO4. The first kappa shape index (κ1) is 16.0. The predicted octanol–water partition coefficient (Wildman–Crippen LogP) is 2.02. The molecule has 110 valence electrons. The van der Waals surface area contributed by atoms with Gasteiger partial charge in [0.05, 0.1) is 18.9 Å². The number of aliphatic carboxylic acids is 1. The smallest absolute Gasteiger partial charge is 0.308 e. The van der Waals surface area contributed by atoms with Crippen LogP contribution < -0.4 is 4.74 Å². The molecule has 0 aromatic heterocycles. The van der Waals surface area contributed by atoms with E-state index in [1.165, 1.54) is 0 Å². The van der Waals surface area contributed by atoms with E-state index in [1.807, 2.05) is 37.3 Å². The molecule has 1 N–H and O–H groups in total. The number of amides is 1. The first-order valence-corrected chi connectivity index (χ1v) is 6.73. The molecule has 1 unspecified atom stereocenters. The number of carboxylic acids is 1. The van der Waals surface area contributed by atoms with E-state index in [2.05, 4.69) is 0 Å². The van der Waals surface area contributed by atoms with Gasteiger partial charge in [-0.15, -0.1) is 0 Å².